The summed E-state index contributed by atoms with van der Waals surface area (Å²) < 4.78 is 21.3. The largest absolute Gasteiger partial charge is 0.664 e. The molecule has 0 spiro atoms. The highest BCUT2D eigenvalue weighted by Gasteiger charge is 2.21. The number of hydrogen-bond donors (Lipinski definition) is 1. The predicted octanol–water partition coefficient (Wildman–Crippen LogP) is 2.26. The molecule has 0 saturated carbocycles. The number of carbonyl (C=O) groups excluding carboxylic acids is 1. The molecule has 6 heteroatoms. The van der Waals surface area contributed by atoms with Crippen LogP contribution in [0.25, 0.3) is 0 Å². The van der Waals surface area contributed by atoms with Crippen molar-refractivity contribution in [3.63, 3.8) is 0 Å². The predicted molar refractivity (Wildman–Crippen MR) is 63.9 cm³/mol. The minimum atomic E-state index is -2.12. The molecule has 0 aromatic heterocycles. The molecule has 1 atom stereocenters. The van der Waals surface area contributed by atoms with E-state index in [0.29, 0.717) is 5.75 Å². The zero-order valence-corrected chi connectivity index (χ0v) is 10.6. The van der Waals surface area contributed by atoms with Crippen LogP contribution in [-0.2, 0) is 14.1 Å². The number of ether oxygens (including phenoxy) is 1. The lowest BCUT2D eigenvalue weighted by Gasteiger charge is -2.05. The van der Waals surface area contributed by atoms with E-state index in [0.717, 1.165) is 0 Å². The van der Waals surface area contributed by atoms with Gasteiger partial charge in [-0.2, -0.15) is 0 Å². The monoisotopic (exact) mass is 256 g/mol. The van der Waals surface area contributed by atoms with E-state index in [9.17, 15) is 9.36 Å². The van der Waals surface area contributed by atoms with Crippen molar-refractivity contribution >= 4 is 14.1 Å². The zero-order chi connectivity index (χ0) is 12.7. The SMILES string of the molecule is CC(C)OC(=O)CN[P+](=O)Oc1ccccc1. The van der Waals surface area contributed by atoms with Gasteiger partial charge in [-0.15, -0.1) is 0 Å². The maximum atomic E-state index is 11.4. The summed E-state index contributed by atoms with van der Waals surface area (Å²) in [7, 11) is -2.12. The zero-order valence-electron chi connectivity index (χ0n) is 9.75. The van der Waals surface area contributed by atoms with Crippen molar-refractivity contribution in [3.8, 4) is 5.75 Å². The summed E-state index contributed by atoms with van der Waals surface area (Å²) in [6.07, 6.45) is -0.183. The van der Waals surface area contributed by atoms with Gasteiger partial charge in [-0.1, -0.05) is 23.3 Å². The quantitative estimate of drug-likeness (QED) is 0.624. The Bertz CT molecular complexity index is 380. The molecule has 0 bridgehead atoms. The molecule has 0 aliphatic rings. The lowest BCUT2D eigenvalue weighted by Crippen LogP contribution is -2.23. The van der Waals surface area contributed by atoms with E-state index < -0.39 is 14.1 Å². The Morgan fingerprint density at radius 1 is 1.35 bits per heavy atom. The van der Waals surface area contributed by atoms with E-state index in [1.54, 1.807) is 38.1 Å². The first-order valence-corrected chi connectivity index (χ1v) is 6.39. The van der Waals surface area contributed by atoms with Gasteiger partial charge in [-0.3, -0.25) is 4.79 Å². The van der Waals surface area contributed by atoms with Crippen molar-refractivity contribution in [2.24, 2.45) is 0 Å². The van der Waals surface area contributed by atoms with Crippen molar-refractivity contribution in [1.29, 1.82) is 0 Å². The van der Waals surface area contributed by atoms with Gasteiger partial charge in [0.1, 0.15) is 6.54 Å². The van der Waals surface area contributed by atoms with Crippen molar-refractivity contribution in [2.75, 3.05) is 6.54 Å². The van der Waals surface area contributed by atoms with Crippen LogP contribution in [0.1, 0.15) is 13.8 Å². The van der Waals surface area contributed by atoms with Crippen LogP contribution < -0.4 is 9.61 Å². The molecule has 0 heterocycles. The van der Waals surface area contributed by atoms with Crippen LogP contribution in [0, 0.1) is 0 Å². The lowest BCUT2D eigenvalue weighted by atomic mass is 10.3. The Morgan fingerprint density at radius 2 is 2.00 bits per heavy atom. The molecule has 92 valence electrons. The molecule has 1 unspecified atom stereocenters. The first-order valence-electron chi connectivity index (χ1n) is 5.21. The number of benzene rings is 1. The first kappa shape index (κ1) is 13.6. The highest BCUT2D eigenvalue weighted by atomic mass is 31.1. The molecule has 0 saturated heterocycles. The molecule has 1 aromatic carbocycles. The highest BCUT2D eigenvalue weighted by Crippen LogP contribution is 2.22. The molecule has 17 heavy (non-hydrogen) atoms. The first-order chi connectivity index (χ1) is 8.08. The summed E-state index contributed by atoms with van der Waals surface area (Å²) in [5.74, 6) is 0.0262. The van der Waals surface area contributed by atoms with Crippen LogP contribution in [0.5, 0.6) is 5.75 Å². The van der Waals surface area contributed by atoms with E-state index in [-0.39, 0.29) is 12.6 Å². The number of rotatable bonds is 6. The van der Waals surface area contributed by atoms with Crippen molar-refractivity contribution < 1.29 is 18.6 Å². The van der Waals surface area contributed by atoms with Crippen molar-refractivity contribution in [2.45, 2.75) is 20.0 Å². The standard InChI is InChI=1S/C11H15NO4P/c1-9(2)15-11(13)8-12-17(14)16-10-6-4-3-5-7-10/h3-7,9H,8H2,1-2H3,(H,12,14)/q+1. The number of esters is 1. The Kier molecular flexibility index (Phi) is 5.60. The van der Waals surface area contributed by atoms with Crippen LogP contribution in [0.3, 0.4) is 0 Å². The third-order valence-electron chi connectivity index (χ3n) is 1.65. The van der Waals surface area contributed by atoms with Crippen LogP contribution in [0.15, 0.2) is 30.3 Å². The fourth-order valence-electron chi connectivity index (χ4n) is 1.04. The summed E-state index contributed by atoms with van der Waals surface area (Å²) in [6.45, 7) is 3.36. The average molecular weight is 256 g/mol. The summed E-state index contributed by atoms with van der Waals surface area (Å²) >= 11 is 0. The van der Waals surface area contributed by atoms with Gasteiger partial charge >= 0.3 is 14.1 Å². The topological polar surface area (TPSA) is 64.6 Å². The Morgan fingerprint density at radius 3 is 2.59 bits per heavy atom. The second kappa shape index (κ2) is 6.99. The van der Waals surface area contributed by atoms with Gasteiger partial charge in [0.15, 0.2) is 5.75 Å². The normalized spacial score (nSPS) is 11.1. The third-order valence-corrected chi connectivity index (χ3v) is 2.44. The number of para-hydroxylation sites is 1. The van der Waals surface area contributed by atoms with Gasteiger partial charge in [0.25, 0.3) is 0 Å². The third kappa shape index (κ3) is 6.00. The maximum absolute atomic E-state index is 11.4. The van der Waals surface area contributed by atoms with Gasteiger partial charge in [-0.25, -0.2) is 4.52 Å². The van der Waals surface area contributed by atoms with Gasteiger partial charge in [0, 0.05) is 4.57 Å². The summed E-state index contributed by atoms with van der Waals surface area (Å²) in [5.41, 5.74) is 0. The molecule has 0 fully saturated rings. The van der Waals surface area contributed by atoms with Gasteiger partial charge in [0.05, 0.1) is 6.10 Å². The van der Waals surface area contributed by atoms with E-state index in [4.69, 9.17) is 9.26 Å². The molecule has 0 amide bonds. The van der Waals surface area contributed by atoms with E-state index >= 15 is 0 Å². The Labute approximate surface area is 101 Å². The van der Waals surface area contributed by atoms with Crippen molar-refractivity contribution in [1.82, 2.24) is 5.09 Å². The molecule has 5 nitrogen and oxygen atoms in total. The second-order valence-corrected chi connectivity index (χ2v) is 4.55. The molecule has 1 N–H and O–H groups in total. The van der Waals surface area contributed by atoms with Crippen LogP contribution >= 0.6 is 8.18 Å². The molecule has 0 radical (unpaired) electrons. The van der Waals surface area contributed by atoms with E-state index in [1.165, 1.54) is 0 Å². The van der Waals surface area contributed by atoms with Crippen LogP contribution in [0.4, 0.5) is 0 Å². The van der Waals surface area contributed by atoms with E-state index in [2.05, 4.69) is 5.09 Å². The van der Waals surface area contributed by atoms with E-state index in [1.807, 2.05) is 6.07 Å². The summed E-state index contributed by atoms with van der Waals surface area (Å²) in [4.78, 5) is 11.1. The lowest BCUT2D eigenvalue weighted by molar-refractivity contribution is -0.145. The molecular weight excluding hydrogens is 241 g/mol. The van der Waals surface area contributed by atoms with Gasteiger partial charge in [0.2, 0.25) is 0 Å². The van der Waals surface area contributed by atoms with Crippen molar-refractivity contribution in [3.05, 3.63) is 30.3 Å². The number of carbonyl (C=O) groups is 1. The Hall–Kier alpha value is -1.45. The molecule has 1 aromatic rings. The van der Waals surface area contributed by atoms with Gasteiger partial charge < -0.3 is 4.74 Å². The Balaban J connectivity index is 2.29. The molecule has 0 aliphatic heterocycles. The smallest absolute Gasteiger partial charge is 0.462 e. The van der Waals surface area contributed by atoms with Crippen LogP contribution in [-0.4, -0.2) is 18.6 Å². The fourth-order valence-corrected chi connectivity index (χ4v) is 1.68. The summed E-state index contributed by atoms with van der Waals surface area (Å²) in [5, 5.41) is 2.45. The molecule has 0 aliphatic carbocycles. The second-order valence-electron chi connectivity index (χ2n) is 3.53. The van der Waals surface area contributed by atoms with Crippen LogP contribution in [0.2, 0.25) is 0 Å². The van der Waals surface area contributed by atoms with Gasteiger partial charge in [-0.05, 0) is 26.0 Å². The summed E-state index contributed by atoms with van der Waals surface area (Å²) in [6, 6.07) is 8.73. The number of nitrogens with one attached hydrogen (secondary N) is 1. The maximum Gasteiger partial charge on any atom is 0.664 e. The molecule has 1 rings (SSSR count). The number of hydrogen-bond acceptors (Lipinski definition) is 4. The molecular formula is C11H15NO4P+. The minimum Gasteiger partial charge on any atom is -0.462 e. The minimum absolute atomic E-state index is 0.139. The highest BCUT2D eigenvalue weighted by molar-refractivity contribution is 7.37. The average Bonchev–Trinajstić information content (AvgIpc) is 2.27. The fraction of sp³-hybridized carbons (Fsp3) is 0.364.